The molecule has 136 valence electrons. The maximum atomic E-state index is 12.6. The number of methoxy groups -OCH3 is 1. The number of pyridine rings is 1. The number of benzene rings is 1. The van der Waals surface area contributed by atoms with Gasteiger partial charge in [-0.3, -0.25) is 4.79 Å². The molecule has 0 aliphatic heterocycles. The fraction of sp³-hybridized carbons (Fsp3) is 0.333. The van der Waals surface area contributed by atoms with Crippen molar-refractivity contribution >= 4 is 11.4 Å². The van der Waals surface area contributed by atoms with Gasteiger partial charge < -0.3 is 4.74 Å². The van der Waals surface area contributed by atoms with Crippen molar-refractivity contribution in [2.24, 2.45) is 0 Å². The van der Waals surface area contributed by atoms with Crippen molar-refractivity contribution in [1.82, 2.24) is 14.6 Å². The lowest BCUT2D eigenvalue weighted by atomic mass is 9.97. The Bertz CT molecular complexity index is 1070. The molecule has 27 heavy (non-hydrogen) atoms. The van der Waals surface area contributed by atoms with E-state index >= 15 is 0 Å². The van der Waals surface area contributed by atoms with Crippen LogP contribution in [0.25, 0.3) is 16.9 Å². The van der Waals surface area contributed by atoms with Crippen molar-refractivity contribution in [3.05, 3.63) is 47.8 Å². The van der Waals surface area contributed by atoms with Crippen molar-refractivity contribution in [3.8, 4) is 23.1 Å². The second kappa shape index (κ2) is 6.51. The topological polar surface area (TPSA) is 80.3 Å². The Morgan fingerprint density at radius 1 is 1.33 bits per heavy atom. The van der Waals surface area contributed by atoms with Gasteiger partial charge in [0.15, 0.2) is 17.2 Å². The number of carbonyl (C=O) groups is 1. The number of hydrogen-bond acceptors (Lipinski definition) is 5. The predicted octanol–water partition coefficient (Wildman–Crippen LogP) is 3.68. The van der Waals surface area contributed by atoms with Gasteiger partial charge in [-0.2, -0.15) is 5.26 Å². The fourth-order valence-electron chi connectivity index (χ4n) is 3.49. The molecular formula is C21H20N4O2. The van der Waals surface area contributed by atoms with Gasteiger partial charge in [0.05, 0.1) is 29.9 Å². The standard InChI is InChI=1S/C21H20N4O2/c1-3-5-18(26)21(10-11-21)20-23-19-17(27-2)9-8-16(25(19)24-20)15-7-4-6-14(12-15)13-22/h4,6-9,12H,3,5,10-11H2,1-2H3. The van der Waals surface area contributed by atoms with Crippen molar-refractivity contribution < 1.29 is 9.53 Å². The highest BCUT2D eigenvalue weighted by Gasteiger charge is 2.53. The Hall–Kier alpha value is -3.20. The maximum Gasteiger partial charge on any atom is 0.198 e. The Morgan fingerprint density at radius 3 is 2.81 bits per heavy atom. The number of carbonyl (C=O) groups excluding carboxylic acids is 1. The second-order valence-corrected chi connectivity index (χ2v) is 6.91. The van der Waals surface area contributed by atoms with Crippen LogP contribution in [0.1, 0.15) is 44.0 Å². The average molecular weight is 360 g/mol. The Balaban J connectivity index is 1.89. The van der Waals surface area contributed by atoms with Crippen molar-refractivity contribution in [3.63, 3.8) is 0 Å². The van der Waals surface area contributed by atoms with E-state index in [1.807, 2.05) is 37.3 Å². The zero-order valence-electron chi connectivity index (χ0n) is 15.4. The first kappa shape index (κ1) is 17.2. The molecule has 0 N–H and O–H groups in total. The number of rotatable bonds is 6. The van der Waals surface area contributed by atoms with E-state index in [0.29, 0.717) is 29.2 Å². The molecule has 0 bridgehead atoms. The van der Waals surface area contributed by atoms with Crippen molar-refractivity contribution in [2.45, 2.75) is 38.0 Å². The van der Waals surface area contributed by atoms with Gasteiger partial charge in [0.2, 0.25) is 0 Å². The van der Waals surface area contributed by atoms with Crippen LogP contribution in [-0.4, -0.2) is 27.5 Å². The quantitative estimate of drug-likeness (QED) is 0.670. The van der Waals surface area contributed by atoms with Gasteiger partial charge in [-0.25, -0.2) is 9.50 Å². The molecule has 6 nitrogen and oxygen atoms in total. The summed E-state index contributed by atoms with van der Waals surface area (Å²) in [4.78, 5) is 17.3. The van der Waals surface area contributed by atoms with Crippen LogP contribution < -0.4 is 4.74 Å². The van der Waals surface area contributed by atoms with Crippen LogP contribution in [0.3, 0.4) is 0 Å². The summed E-state index contributed by atoms with van der Waals surface area (Å²) < 4.78 is 7.18. The molecule has 4 rings (SSSR count). The van der Waals surface area contributed by atoms with Gasteiger partial charge in [-0.1, -0.05) is 19.1 Å². The number of hydrogen-bond donors (Lipinski definition) is 0. The highest BCUT2D eigenvalue weighted by molar-refractivity contribution is 5.92. The molecule has 0 saturated heterocycles. The minimum Gasteiger partial charge on any atom is -0.493 e. The van der Waals surface area contributed by atoms with Gasteiger partial charge in [0.25, 0.3) is 0 Å². The van der Waals surface area contributed by atoms with E-state index in [9.17, 15) is 10.1 Å². The lowest BCUT2D eigenvalue weighted by molar-refractivity contribution is -0.121. The lowest BCUT2D eigenvalue weighted by Gasteiger charge is -2.08. The predicted molar refractivity (Wildman–Crippen MR) is 101 cm³/mol. The first-order chi connectivity index (χ1) is 13.1. The van der Waals surface area contributed by atoms with Gasteiger partial charge in [-0.15, -0.1) is 5.10 Å². The van der Waals surface area contributed by atoms with E-state index in [0.717, 1.165) is 30.5 Å². The summed E-state index contributed by atoms with van der Waals surface area (Å²) in [6.45, 7) is 2.01. The molecule has 0 unspecified atom stereocenters. The summed E-state index contributed by atoms with van der Waals surface area (Å²) >= 11 is 0. The smallest absolute Gasteiger partial charge is 0.198 e. The zero-order valence-corrected chi connectivity index (χ0v) is 15.4. The molecule has 0 radical (unpaired) electrons. The zero-order chi connectivity index (χ0) is 19.0. The van der Waals surface area contributed by atoms with Crippen molar-refractivity contribution in [2.75, 3.05) is 7.11 Å². The molecule has 0 atom stereocenters. The van der Waals surface area contributed by atoms with Gasteiger partial charge in [-0.05, 0) is 43.5 Å². The fourth-order valence-corrected chi connectivity index (χ4v) is 3.49. The molecule has 1 fully saturated rings. The number of nitrogens with zero attached hydrogens (tertiary/aromatic N) is 4. The van der Waals surface area contributed by atoms with Crippen LogP contribution in [0.4, 0.5) is 0 Å². The number of Topliss-reactive ketones (excluding diaryl/α,β-unsaturated/α-hetero) is 1. The Kier molecular flexibility index (Phi) is 4.15. The van der Waals surface area contributed by atoms with Crippen LogP contribution in [0.2, 0.25) is 0 Å². The minimum absolute atomic E-state index is 0.216. The van der Waals surface area contributed by atoms with Crippen LogP contribution in [0.15, 0.2) is 36.4 Å². The number of ketones is 1. The monoisotopic (exact) mass is 360 g/mol. The van der Waals surface area contributed by atoms with Crippen LogP contribution in [-0.2, 0) is 10.2 Å². The SMILES string of the molecule is CCCC(=O)C1(c2nc3c(OC)ccc(-c4cccc(C#N)c4)n3n2)CC1. The molecule has 1 aliphatic carbocycles. The molecule has 3 aromatic rings. The number of aromatic nitrogens is 3. The Morgan fingerprint density at radius 2 is 2.15 bits per heavy atom. The van der Waals surface area contributed by atoms with Crippen LogP contribution in [0, 0.1) is 11.3 Å². The maximum absolute atomic E-state index is 12.6. The highest BCUT2D eigenvalue weighted by Crippen LogP contribution is 2.49. The Labute approximate surface area is 157 Å². The number of ether oxygens (including phenoxy) is 1. The van der Waals surface area contributed by atoms with E-state index in [2.05, 4.69) is 6.07 Å². The average Bonchev–Trinajstić information content (AvgIpc) is 3.39. The molecule has 2 aromatic heterocycles. The lowest BCUT2D eigenvalue weighted by Crippen LogP contribution is -2.21. The molecule has 1 aliphatic rings. The van der Waals surface area contributed by atoms with Crippen LogP contribution >= 0.6 is 0 Å². The van der Waals surface area contributed by atoms with E-state index in [4.69, 9.17) is 14.8 Å². The molecule has 2 heterocycles. The van der Waals surface area contributed by atoms with E-state index in [1.54, 1.807) is 17.7 Å². The third kappa shape index (κ3) is 2.76. The third-order valence-electron chi connectivity index (χ3n) is 5.14. The molecule has 0 spiro atoms. The summed E-state index contributed by atoms with van der Waals surface area (Å²) in [5.41, 5.74) is 2.29. The van der Waals surface area contributed by atoms with Gasteiger partial charge in [0, 0.05) is 12.0 Å². The molecule has 1 saturated carbocycles. The summed E-state index contributed by atoms with van der Waals surface area (Å²) in [5.74, 6) is 1.39. The van der Waals surface area contributed by atoms with Gasteiger partial charge >= 0.3 is 0 Å². The molecule has 0 amide bonds. The number of fused-ring (bicyclic) bond motifs is 1. The molecular weight excluding hydrogens is 340 g/mol. The highest BCUT2D eigenvalue weighted by atomic mass is 16.5. The van der Waals surface area contributed by atoms with E-state index in [-0.39, 0.29) is 5.78 Å². The van der Waals surface area contributed by atoms with E-state index in [1.165, 1.54) is 0 Å². The third-order valence-corrected chi connectivity index (χ3v) is 5.14. The van der Waals surface area contributed by atoms with Crippen LogP contribution in [0.5, 0.6) is 5.75 Å². The molecule has 1 aromatic carbocycles. The van der Waals surface area contributed by atoms with Crippen molar-refractivity contribution in [1.29, 1.82) is 5.26 Å². The summed E-state index contributed by atoms with van der Waals surface area (Å²) in [5, 5.41) is 13.9. The van der Waals surface area contributed by atoms with E-state index < -0.39 is 5.41 Å². The normalized spacial score (nSPS) is 14.7. The molecule has 6 heteroatoms. The minimum atomic E-state index is -0.543. The first-order valence-electron chi connectivity index (χ1n) is 9.11. The number of nitriles is 1. The second-order valence-electron chi connectivity index (χ2n) is 6.91. The van der Waals surface area contributed by atoms with Gasteiger partial charge in [0.1, 0.15) is 5.78 Å². The largest absolute Gasteiger partial charge is 0.493 e. The first-order valence-corrected chi connectivity index (χ1v) is 9.11. The summed E-state index contributed by atoms with van der Waals surface area (Å²) in [7, 11) is 1.59. The summed E-state index contributed by atoms with van der Waals surface area (Å²) in [6, 6.07) is 13.3. The summed E-state index contributed by atoms with van der Waals surface area (Å²) in [6.07, 6.45) is 2.96.